The summed E-state index contributed by atoms with van der Waals surface area (Å²) in [5.41, 5.74) is 3.51. The second-order valence-corrected chi connectivity index (χ2v) is 9.27. The number of aryl methyl sites for hydroxylation is 1. The molecule has 3 aromatic carbocycles. The maximum atomic E-state index is 12.9. The van der Waals surface area contributed by atoms with Crippen molar-refractivity contribution in [2.24, 2.45) is 0 Å². The van der Waals surface area contributed by atoms with E-state index in [0.29, 0.717) is 66.8 Å². The van der Waals surface area contributed by atoms with Crippen LogP contribution in [0.25, 0.3) is 11.0 Å². The molecule has 1 aromatic heterocycles. The fourth-order valence-corrected chi connectivity index (χ4v) is 4.70. The van der Waals surface area contributed by atoms with E-state index in [1.807, 2.05) is 42.5 Å². The Hall–Kier alpha value is -4.66. The second kappa shape index (κ2) is 14.1. The Labute approximate surface area is 240 Å². The number of nitrogens with one attached hydrogen (secondary N) is 1. The monoisotopic (exact) mass is 559 g/mol. The number of para-hydroxylation sites is 2. The van der Waals surface area contributed by atoms with Gasteiger partial charge >= 0.3 is 0 Å². The van der Waals surface area contributed by atoms with Crippen molar-refractivity contribution in [2.75, 3.05) is 41.6 Å². The van der Waals surface area contributed by atoms with Crippen LogP contribution in [0.2, 0.25) is 0 Å². The summed E-state index contributed by atoms with van der Waals surface area (Å²) in [4.78, 5) is 17.7. The Bertz CT molecular complexity index is 1470. The number of hydrogen-bond donors (Lipinski definition) is 1. The van der Waals surface area contributed by atoms with Crippen LogP contribution in [0.4, 0.5) is 0 Å². The maximum absolute atomic E-state index is 12.9. The highest BCUT2D eigenvalue weighted by Gasteiger charge is 2.17. The van der Waals surface area contributed by atoms with Crippen LogP contribution >= 0.6 is 0 Å². The van der Waals surface area contributed by atoms with Gasteiger partial charge in [-0.1, -0.05) is 24.3 Å². The van der Waals surface area contributed by atoms with Gasteiger partial charge in [0.2, 0.25) is 5.75 Å². The zero-order valence-electron chi connectivity index (χ0n) is 24.1. The van der Waals surface area contributed by atoms with Crippen LogP contribution < -0.4 is 29.0 Å². The van der Waals surface area contributed by atoms with Crippen LogP contribution in [-0.2, 0) is 19.4 Å². The van der Waals surface area contributed by atoms with Crippen LogP contribution in [0.3, 0.4) is 0 Å². The number of ether oxygens (including phenoxy) is 5. The smallest absolute Gasteiger partial charge is 0.251 e. The molecule has 0 aliphatic carbocycles. The molecule has 1 N–H and O–H groups in total. The number of rotatable bonds is 15. The minimum atomic E-state index is -0.223. The van der Waals surface area contributed by atoms with E-state index in [0.717, 1.165) is 28.8 Å². The Morgan fingerprint density at radius 1 is 0.927 bits per heavy atom. The molecular weight excluding hydrogens is 522 g/mol. The van der Waals surface area contributed by atoms with Crippen molar-refractivity contribution in [3.8, 4) is 28.7 Å². The van der Waals surface area contributed by atoms with Crippen LogP contribution in [0, 0.1) is 0 Å². The van der Waals surface area contributed by atoms with Gasteiger partial charge in [-0.25, -0.2) is 4.98 Å². The topological polar surface area (TPSA) is 93.1 Å². The minimum Gasteiger partial charge on any atom is -0.493 e. The van der Waals surface area contributed by atoms with E-state index in [4.69, 9.17) is 28.7 Å². The molecule has 0 aliphatic rings. The summed E-state index contributed by atoms with van der Waals surface area (Å²) in [6.45, 7) is 5.34. The molecule has 9 nitrogen and oxygen atoms in total. The summed E-state index contributed by atoms with van der Waals surface area (Å²) in [6.07, 6.45) is 4.02. The van der Waals surface area contributed by atoms with Crippen LogP contribution in [0.15, 0.2) is 67.3 Å². The molecule has 9 heteroatoms. The van der Waals surface area contributed by atoms with Crippen LogP contribution in [-0.4, -0.2) is 57.0 Å². The van der Waals surface area contributed by atoms with Crippen molar-refractivity contribution in [1.82, 2.24) is 14.9 Å². The SMILES string of the molecule is C=CCc1ccc(OCCn2c(CCCNC(=O)c3cc(OC)c(OC)c(OC)c3)nc3ccccc32)c(OC)c1. The lowest BCUT2D eigenvalue weighted by Crippen LogP contribution is -2.25. The summed E-state index contributed by atoms with van der Waals surface area (Å²) < 4.78 is 29.9. The third kappa shape index (κ3) is 6.92. The van der Waals surface area contributed by atoms with E-state index < -0.39 is 0 Å². The average Bonchev–Trinajstić information content (AvgIpc) is 3.36. The molecule has 0 fully saturated rings. The molecule has 0 aliphatic heterocycles. The van der Waals surface area contributed by atoms with Crippen LogP contribution in [0.1, 0.15) is 28.2 Å². The van der Waals surface area contributed by atoms with Gasteiger partial charge in [-0.15, -0.1) is 6.58 Å². The Kier molecular flexibility index (Phi) is 10.1. The maximum Gasteiger partial charge on any atom is 0.251 e. The van der Waals surface area contributed by atoms with E-state index in [1.165, 1.54) is 21.3 Å². The number of methoxy groups -OCH3 is 4. The number of benzene rings is 3. The third-order valence-electron chi connectivity index (χ3n) is 6.70. The number of hydrogen-bond acceptors (Lipinski definition) is 7. The first-order chi connectivity index (χ1) is 20.0. The normalized spacial score (nSPS) is 10.7. The second-order valence-electron chi connectivity index (χ2n) is 9.27. The predicted octanol–water partition coefficient (Wildman–Crippen LogP) is 5.24. The number of carbonyl (C=O) groups is 1. The van der Waals surface area contributed by atoms with Crippen molar-refractivity contribution >= 4 is 16.9 Å². The molecule has 1 amide bonds. The first-order valence-corrected chi connectivity index (χ1v) is 13.5. The molecule has 1 heterocycles. The lowest BCUT2D eigenvalue weighted by atomic mass is 10.1. The van der Waals surface area contributed by atoms with Crippen molar-refractivity contribution in [1.29, 1.82) is 0 Å². The van der Waals surface area contributed by atoms with E-state index in [2.05, 4.69) is 22.5 Å². The van der Waals surface area contributed by atoms with E-state index >= 15 is 0 Å². The number of allylic oxidation sites excluding steroid dienone is 1. The van der Waals surface area contributed by atoms with Gasteiger partial charge in [0.05, 0.1) is 46.0 Å². The largest absolute Gasteiger partial charge is 0.493 e. The summed E-state index contributed by atoms with van der Waals surface area (Å²) in [5, 5.41) is 2.98. The number of fused-ring (bicyclic) bond motifs is 1. The molecule has 0 radical (unpaired) electrons. The van der Waals surface area contributed by atoms with Gasteiger partial charge < -0.3 is 33.6 Å². The molecular formula is C32H37N3O6. The fraction of sp³-hybridized carbons (Fsp3) is 0.312. The van der Waals surface area contributed by atoms with Crippen molar-refractivity contribution in [3.05, 3.63) is 84.2 Å². The van der Waals surface area contributed by atoms with Gasteiger partial charge in [0.15, 0.2) is 23.0 Å². The third-order valence-corrected chi connectivity index (χ3v) is 6.70. The number of nitrogens with zero attached hydrogens (tertiary/aromatic N) is 2. The molecule has 41 heavy (non-hydrogen) atoms. The van der Waals surface area contributed by atoms with Gasteiger partial charge in [-0.3, -0.25) is 4.79 Å². The molecule has 0 saturated carbocycles. The molecule has 0 saturated heterocycles. The van der Waals surface area contributed by atoms with Gasteiger partial charge in [0.25, 0.3) is 5.91 Å². The molecule has 4 rings (SSSR count). The summed E-state index contributed by atoms with van der Waals surface area (Å²) in [6, 6.07) is 17.2. The van der Waals surface area contributed by atoms with Gasteiger partial charge in [-0.2, -0.15) is 0 Å². The molecule has 4 aromatic rings. The summed E-state index contributed by atoms with van der Waals surface area (Å²) >= 11 is 0. The standard InChI is InChI=1S/C32H37N3O6/c1-6-10-22-14-15-26(27(19-22)37-2)41-18-17-35-25-12-8-7-11-24(25)34-30(35)13-9-16-33-32(36)23-20-28(38-3)31(40-5)29(21-23)39-4/h6-8,11-12,14-15,19-21H,1,9-10,13,16-18H2,2-5H3,(H,33,36). The number of carbonyl (C=O) groups excluding carboxylic acids is 1. The summed E-state index contributed by atoms with van der Waals surface area (Å²) in [7, 11) is 6.21. The zero-order chi connectivity index (χ0) is 29.2. The minimum absolute atomic E-state index is 0.223. The van der Waals surface area contributed by atoms with Gasteiger partial charge in [-0.05, 0) is 54.8 Å². The Morgan fingerprint density at radius 3 is 2.34 bits per heavy atom. The average molecular weight is 560 g/mol. The van der Waals surface area contributed by atoms with Crippen molar-refractivity contribution in [2.45, 2.75) is 25.8 Å². The highest BCUT2D eigenvalue weighted by molar-refractivity contribution is 5.95. The van der Waals surface area contributed by atoms with Crippen molar-refractivity contribution < 1.29 is 28.5 Å². The molecule has 0 spiro atoms. The lowest BCUT2D eigenvalue weighted by molar-refractivity contribution is 0.0952. The summed E-state index contributed by atoms with van der Waals surface area (Å²) in [5.74, 6) is 3.40. The lowest BCUT2D eigenvalue weighted by Gasteiger charge is -2.14. The highest BCUT2D eigenvalue weighted by Crippen LogP contribution is 2.38. The quantitative estimate of drug-likeness (QED) is 0.157. The predicted molar refractivity (Wildman–Crippen MR) is 159 cm³/mol. The Morgan fingerprint density at radius 2 is 1.66 bits per heavy atom. The molecule has 216 valence electrons. The molecule has 0 unspecified atom stereocenters. The van der Waals surface area contributed by atoms with Crippen LogP contribution in [0.5, 0.6) is 28.7 Å². The van der Waals surface area contributed by atoms with E-state index in [9.17, 15) is 4.79 Å². The number of aromatic nitrogens is 2. The van der Waals surface area contributed by atoms with Crippen molar-refractivity contribution in [3.63, 3.8) is 0 Å². The first-order valence-electron chi connectivity index (χ1n) is 13.5. The van der Waals surface area contributed by atoms with E-state index in [-0.39, 0.29) is 5.91 Å². The Balaban J connectivity index is 1.39. The highest BCUT2D eigenvalue weighted by atomic mass is 16.5. The van der Waals surface area contributed by atoms with E-state index in [1.54, 1.807) is 19.2 Å². The number of amides is 1. The number of imidazole rings is 1. The fourth-order valence-electron chi connectivity index (χ4n) is 4.70. The molecule has 0 bridgehead atoms. The van der Waals surface area contributed by atoms with Gasteiger partial charge in [0, 0.05) is 18.5 Å². The van der Waals surface area contributed by atoms with Gasteiger partial charge in [0.1, 0.15) is 12.4 Å². The molecule has 0 atom stereocenters. The zero-order valence-corrected chi connectivity index (χ0v) is 24.1. The first kappa shape index (κ1) is 29.3.